The Morgan fingerprint density at radius 2 is 1.93 bits per heavy atom. The molecule has 0 aromatic carbocycles. The molecule has 7 heteroatoms. The zero-order chi connectivity index (χ0) is 19.6. The third-order valence-electron chi connectivity index (χ3n) is 6.00. The van der Waals surface area contributed by atoms with Gasteiger partial charge >= 0.3 is 0 Å². The monoisotopic (exact) mass is 407 g/mol. The second-order valence-corrected chi connectivity index (χ2v) is 9.07. The number of hydrogen-bond donors (Lipinski definition) is 1. The Morgan fingerprint density at radius 3 is 2.72 bits per heavy atom. The van der Waals surface area contributed by atoms with E-state index in [1.165, 1.54) is 29.8 Å². The first-order chi connectivity index (χ1) is 14.3. The number of hydrogen-bond acceptors (Lipinski definition) is 6. The van der Waals surface area contributed by atoms with Crippen molar-refractivity contribution in [1.29, 1.82) is 0 Å². The number of aromatic nitrogens is 4. The molecule has 1 N–H and O–H groups in total. The van der Waals surface area contributed by atoms with Crippen LogP contribution in [0, 0.1) is 0 Å². The van der Waals surface area contributed by atoms with Gasteiger partial charge in [0.05, 0.1) is 17.4 Å². The second-order valence-electron chi connectivity index (χ2n) is 7.99. The molecule has 6 nitrogen and oxygen atoms in total. The van der Waals surface area contributed by atoms with Crippen molar-refractivity contribution in [2.75, 3.05) is 5.32 Å². The van der Waals surface area contributed by atoms with Gasteiger partial charge in [0.2, 0.25) is 0 Å². The van der Waals surface area contributed by atoms with Crippen molar-refractivity contribution in [2.45, 2.75) is 63.5 Å². The molecule has 3 heterocycles. The second kappa shape index (κ2) is 8.06. The van der Waals surface area contributed by atoms with Crippen LogP contribution in [0.3, 0.4) is 0 Å². The maximum atomic E-state index is 12.4. The fourth-order valence-electron chi connectivity index (χ4n) is 4.41. The average Bonchev–Trinajstić information content (AvgIpc) is 3.18. The minimum absolute atomic E-state index is 0.0263. The first kappa shape index (κ1) is 18.5. The van der Waals surface area contributed by atoms with Crippen LogP contribution in [0.2, 0.25) is 0 Å². The van der Waals surface area contributed by atoms with Crippen LogP contribution in [0.1, 0.15) is 55.1 Å². The van der Waals surface area contributed by atoms with E-state index in [0.29, 0.717) is 6.04 Å². The van der Waals surface area contributed by atoms with E-state index < -0.39 is 0 Å². The van der Waals surface area contributed by atoms with Crippen LogP contribution in [0.15, 0.2) is 41.5 Å². The van der Waals surface area contributed by atoms with Gasteiger partial charge in [-0.3, -0.25) is 9.78 Å². The SMILES string of the molecule is O=c1ccc(-c2cccnc2)nn1C1CCC(Nc2nc3c(s2)CCCC3)CC1. The van der Waals surface area contributed by atoms with E-state index in [2.05, 4.69) is 15.4 Å². The first-order valence-electron chi connectivity index (χ1n) is 10.5. The molecular formula is C22H25N5OS. The summed E-state index contributed by atoms with van der Waals surface area (Å²) in [4.78, 5) is 22.9. The summed E-state index contributed by atoms with van der Waals surface area (Å²) < 4.78 is 1.68. The lowest BCUT2D eigenvalue weighted by Crippen LogP contribution is -2.33. The summed E-state index contributed by atoms with van der Waals surface area (Å²) in [5, 5.41) is 9.38. The maximum Gasteiger partial charge on any atom is 0.267 e. The van der Waals surface area contributed by atoms with Gasteiger partial charge in [-0.1, -0.05) is 0 Å². The van der Waals surface area contributed by atoms with Crippen LogP contribution in [0.5, 0.6) is 0 Å². The minimum atomic E-state index is -0.0263. The fraction of sp³-hybridized carbons (Fsp3) is 0.455. The standard InChI is InChI=1S/C22H25N5OS/c28-21-12-11-18(15-4-3-13-23-14-15)26-27(21)17-9-7-16(8-10-17)24-22-25-19-5-1-2-6-20(19)29-22/h3-4,11-14,16-17H,1-2,5-10H2,(H,24,25). The normalized spacial score (nSPS) is 21.5. The van der Waals surface area contributed by atoms with Crippen molar-refractivity contribution in [2.24, 2.45) is 0 Å². The van der Waals surface area contributed by atoms with Gasteiger partial charge < -0.3 is 5.32 Å². The molecule has 0 aliphatic heterocycles. The van der Waals surface area contributed by atoms with Gasteiger partial charge in [-0.05, 0) is 69.6 Å². The molecule has 1 saturated carbocycles. The molecule has 150 valence electrons. The highest BCUT2D eigenvalue weighted by Crippen LogP contribution is 2.33. The molecule has 0 spiro atoms. The lowest BCUT2D eigenvalue weighted by atomic mass is 9.91. The Balaban J connectivity index is 1.26. The van der Waals surface area contributed by atoms with Gasteiger partial charge in [0.15, 0.2) is 5.13 Å². The highest BCUT2D eigenvalue weighted by molar-refractivity contribution is 7.15. The topological polar surface area (TPSA) is 72.7 Å². The Morgan fingerprint density at radius 1 is 1.07 bits per heavy atom. The Bertz CT molecular complexity index is 1010. The van der Waals surface area contributed by atoms with Crippen molar-refractivity contribution in [3.8, 4) is 11.3 Å². The number of anilines is 1. The van der Waals surface area contributed by atoms with E-state index >= 15 is 0 Å². The van der Waals surface area contributed by atoms with Crippen molar-refractivity contribution in [1.82, 2.24) is 19.7 Å². The molecule has 0 saturated heterocycles. The van der Waals surface area contributed by atoms with E-state index in [-0.39, 0.29) is 11.6 Å². The Hall–Kier alpha value is -2.54. The molecule has 0 unspecified atom stereocenters. The number of pyridine rings is 1. The van der Waals surface area contributed by atoms with E-state index in [1.54, 1.807) is 29.2 Å². The van der Waals surface area contributed by atoms with Crippen molar-refractivity contribution in [3.63, 3.8) is 0 Å². The van der Waals surface area contributed by atoms with Gasteiger partial charge in [-0.2, -0.15) is 5.10 Å². The lowest BCUT2D eigenvalue weighted by molar-refractivity contribution is 0.304. The summed E-state index contributed by atoms with van der Waals surface area (Å²) >= 11 is 1.83. The van der Waals surface area contributed by atoms with Crippen molar-refractivity contribution in [3.05, 3.63) is 57.6 Å². The maximum absolute atomic E-state index is 12.4. The summed E-state index contributed by atoms with van der Waals surface area (Å²) in [6.45, 7) is 0. The molecule has 29 heavy (non-hydrogen) atoms. The molecule has 0 atom stereocenters. The van der Waals surface area contributed by atoms with E-state index in [9.17, 15) is 4.79 Å². The summed E-state index contributed by atoms with van der Waals surface area (Å²) in [5.74, 6) is 0. The van der Waals surface area contributed by atoms with Gasteiger partial charge in [0.1, 0.15) is 0 Å². The third kappa shape index (κ3) is 3.96. The summed E-state index contributed by atoms with van der Waals surface area (Å²) in [6, 6.07) is 7.85. The smallest absolute Gasteiger partial charge is 0.267 e. The molecular weight excluding hydrogens is 382 g/mol. The number of nitrogens with zero attached hydrogens (tertiary/aromatic N) is 4. The van der Waals surface area contributed by atoms with Gasteiger partial charge in [0, 0.05) is 34.9 Å². The number of rotatable bonds is 4. The van der Waals surface area contributed by atoms with Gasteiger partial charge in [-0.15, -0.1) is 11.3 Å². The Labute approximate surface area is 174 Å². The number of nitrogens with one attached hydrogen (secondary N) is 1. The minimum Gasteiger partial charge on any atom is -0.359 e. The van der Waals surface area contributed by atoms with Crippen LogP contribution in [-0.4, -0.2) is 25.8 Å². The van der Waals surface area contributed by atoms with Crippen LogP contribution < -0.4 is 10.9 Å². The zero-order valence-electron chi connectivity index (χ0n) is 16.4. The summed E-state index contributed by atoms with van der Waals surface area (Å²) in [7, 11) is 0. The first-order valence-corrected chi connectivity index (χ1v) is 11.3. The summed E-state index contributed by atoms with van der Waals surface area (Å²) in [5.41, 5.74) is 3.01. The Kier molecular flexibility index (Phi) is 5.14. The van der Waals surface area contributed by atoms with Crippen molar-refractivity contribution < 1.29 is 0 Å². The van der Waals surface area contributed by atoms with Crippen LogP contribution in [0.25, 0.3) is 11.3 Å². The van der Waals surface area contributed by atoms with Crippen LogP contribution >= 0.6 is 11.3 Å². The average molecular weight is 408 g/mol. The van der Waals surface area contributed by atoms with E-state index in [0.717, 1.165) is 48.5 Å². The van der Waals surface area contributed by atoms with Crippen LogP contribution in [-0.2, 0) is 12.8 Å². The third-order valence-corrected chi connectivity index (χ3v) is 7.09. The molecule has 5 rings (SSSR count). The summed E-state index contributed by atoms with van der Waals surface area (Å²) in [6.07, 6.45) is 12.4. The zero-order valence-corrected chi connectivity index (χ0v) is 17.2. The van der Waals surface area contributed by atoms with Gasteiger partial charge in [-0.25, -0.2) is 9.67 Å². The fourth-order valence-corrected chi connectivity index (χ4v) is 5.53. The quantitative estimate of drug-likeness (QED) is 0.700. The molecule has 0 radical (unpaired) electrons. The molecule has 0 bridgehead atoms. The predicted octanol–water partition coefficient (Wildman–Crippen LogP) is 4.24. The van der Waals surface area contributed by atoms with Crippen molar-refractivity contribution >= 4 is 16.5 Å². The predicted molar refractivity (Wildman–Crippen MR) is 115 cm³/mol. The highest BCUT2D eigenvalue weighted by Gasteiger charge is 2.25. The largest absolute Gasteiger partial charge is 0.359 e. The molecule has 3 aromatic rings. The molecule has 1 fully saturated rings. The van der Waals surface area contributed by atoms with Gasteiger partial charge in [0.25, 0.3) is 5.56 Å². The van der Waals surface area contributed by atoms with E-state index in [1.807, 2.05) is 23.5 Å². The van der Waals surface area contributed by atoms with E-state index in [4.69, 9.17) is 4.98 Å². The molecule has 0 amide bonds. The number of thiazole rings is 1. The van der Waals surface area contributed by atoms with Crippen LogP contribution in [0.4, 0.5) is 5.13 Å². The number of aryl methyl sites for hydroxylation is 2. The number of fused-ring (bicyclic) bond motifs is 1. The molecule has 3 aromatic heterocycles. The lowest BCUT2D eigenvalue weighted by Gasteiger charge is -2.29. The molecule has 2 aliphatic rings. The highest BCUT2D eigenvalue weighted by atomic mass is 32.1. The molecule has 2 aliphatic carbocycles.